The lowest BCUT2D eigenvalue weighted by Crippen LogP contribution is -2.10. The van der Waals surface area contributed by atoms with E-state index in [0.29, 0.717) is 29.8 Å². The third-order valence-electron chi connectivity index (χ3n) is 4.48. The summed E-state index contributed by atoms with van der Waals surface area (Å²) in [6.45, 7) is 0.691. The Morgan fingerprint density at radius 2 is 1.80 bits per heavy atom. The van der Waals surface area contributed by atoms with Crippen molar-refractivity contribution in [2.24, 2.45) is 0 Å². The lowest BCUT2D eigenvalue weighted by atomic mass is 10.1. The molecule has 0 unspecified atom stereocenters. The van der Waals surface area contributed by atoms with Crippen LogP contribution in [0.25, 0.3) is 22.6 Å². The van der Waals surface area contributed by atoms with Crippen LogP contribution in [0.2, 0.25) is 0 Å². The Balaban J connectivity index is 1.53. The van der Waals surface area contributed by atoms with E-state index in [4.69, 9.17) is 0 Å². The van der Waals surface area contributed by atoms with Crippen LogP contribution in [0.5, 0.6) is 0 Å². The number of benzene rings is 1. The van der Waals surface area contributed by atoms with Crippen LogP contribution in [0.4, 0.5) is 16.2 Å². The number of nitrogens with one attached hydrogen (secondary N) is 2. The number of hydrogen-bond acceptors (Lipinski definition) is 7. The number of halogens is 1. The van der Waals surface area contributed by atoms with Gasteiger partial charge in [-0.15, -0.1) is 0 Å². The van der Waals surface area contributed by atoms with Crippen LogP contribution in [0.1, 0.15) is 5.56 Å². The third kappa shape index (κ3) is 4.54. The highest BCUT2D eigenvalue weighted by Gasteiger charge is 2.11. The summed E-state index contributed by atoms with van der Waals surface area (Å²) in [5.74, 6) is 1.39. The fraction of sp³-hybridized carbons (Fsp3) is 0.136. The van der Waals surface area contributed by atoms with E-state index in [9.17, 15) is 4.39 Å². The minimum absolute atomic E-state index is 0.299. The summed E-state index contributed by atoms with van der Waals surface area (Å²) in [6.07, 6.45) is 7.81. The highest BCUT2D eigenvalue weighted by molar-refractivity contribution is 5.73. The van der Waals surface area contributed by atoms with E-state index < -0.39 is 0 Å². The van der Waals surface area contributed by atoms with Gasteiger partial charge in [0.25, 0.3) is 0 Å². The van der Waals surface area contributed by atoms with Gasteiger partial charge in [-0.1, -0.05) is 6.07 Å². The maximum atomic E-state index is 13.2. The molecule has 7 nitrogen and oxygen atoms in total. The van der Waals surface area contributed by atoms with Crippen LogP contribution in [0.3, 0.4) is 0 Å². The van der Waals surface area contributed by atoms with E-state index in [1.54, 1.807) is 43.8 Å². The maximum Gasteiger partial charge on any atom is 0.224 e. The van der Waals surface area contributed by atoms with E-state index in [2.05, 4.69) is 35.6 Å². The molecule has 0 bridgehead atoms. The Labute approximate surface area is 173 Å². The molecular formula is C22H20FN7. The molecule has 2 N–H and O–H groups in total. The lowest BCUT2D eigenvalue weighted by molar-refractivity contribution is 0.628. The predicted molar refractivity (Wildman–Crippen MR) is 114 cm³/mol. The molecule has 0 saturated carbocycles. The lowest BCUT2D eigenvalue weighted by Gasteiger charge is -2.11. The van der Waals surface area contributed by atoms with Crippen molar-refractivity contribution >= 4 is 11.8 Å². The smallest absolute Gasteiger partial charge is 0.224 e. The van der Waals surface area contributed by atoms with Crippen LogP contribution in [-0.4, -0.2) is 38.5 Å². The van der Waals surface area contributed by atoms with E-state index in [-0.39, 0.29) is 5.82 Å². The monoisotopic (exact) mass is 401 g/mol. The second kappa shape index (κ2) is 9.04. The number of rotatable bonds is 7. The van der Waals surface area contributed by atoms with Gasteiger partial charge in [-0.25, -0.2) is 19.3 Å². The summed E-state index contributed by atoms with van der Waals surface area (Å²) in [6, 6.07) is 11.8. The molecular weight excluding hydrogens is 381 g/mol. The zero-order chi connectivity index (χ0) is 20.8. The molecule has 0 fully saturated rings. The van der Waals surface area contributed by atoms with Crippen molar-refractivity contribution in [3.8, 4) is 22.6 Å². The summed E-state index contributed by atoms with van der Waals surface area (Å²) in [5, 5.41) is 6.33. The molecule has 0 aliphatic rings. The van der Waals surface area contributed by atoms with Gasteiger partial charge in [0.1, 0.15) is 11.6 Å². The van der Waals surface area contributed by atoms with Crippen molar-refractivity contribution < 1.29 is 4.39 Å². The number of hydrogen-bond donors (Lipinski definition) is 2. The molecule has 8 heteroatoms. The summed E-state index contributed by atoms with van der Waals surface area (Å²) in [5.41, 5.74) is 3.31. The Hall–Kier alpha value is -3.94. The fourth-order valence-electron chi connectivity index (χ4n) is 2.96. The summed E-state index contributed by atoms with van der Waals surface area (Å²) in [4.78, 5) is 22.0. The van der Waals surface area contributed by atoms with Crippen LogP contribution >= 0.6 is 0 Å². The SMILES string of the molecule is CNc1nc(NCCc2cccnc2)ncc1-c1ccnc(-c2ccc(F)cc2)n1. The minimum atomic E-state index is -0.299. The van der Waals surface area contributed by atoms with Crippen LogP contribution < -0.4 is 10.6 Å². The van der Waals surface area contributed by atoms with Gasteiger partial charge in [0.15, 0.2) is 5.82 Å². The molecule has 30 heavy (non-hydrogen) atoms. The molecule has 150 valence electrons. The molecule has 0 atom stereocenters. The van der Waals surface area contributed by atoms with Gasteiger partial charge >= 0.3 is 0 Å². The van der Waals surface area contributed by atoms with E-state index in [1.807, 2.05) is 18.3 Å². The molecule has 0 amide bonds. The minimum Gasteiger partial charge on any atom is -0.372 e. The van der Waals surface area contributed by atoms with Crippen molar-refractivity contribution in [1.82, 2.24) is 24.9 Å². The largest absolute Gasteiger partial charge is 0.372 e. The first-order valence-electron chi connectivity index (χ1n) is 9.50. The highest BCUT2D eigenvalue weighted by atomic mass is 19.1. The molecule has 0 radical (unpaired) electrons. The van der Waals surface area contributed by atoms with Gasteiger partial charge < -0.3 is 10.6 Å². The van der Waals surface area contributed by atoms with E-state index >= 15 is 0 Å². The molecule has 3 aromatic heterocycles. The molecule has 0 spiro atoms. The Bertz CT molecular complexity index is 1120. The van der Waals surface area contributed by atoms with Crippen LogP contribution in [0.15, 0.2) is 67.3 Å². The summed E-state index contributed by atoms with van der Waals surface area (Å²) in [7, 11) is 1.80. The number of nitrogens with zero attached hydrogens (tertiary/aromatic N) is 5. The van der Waals surface area contributed by atoms with Crippen LogP contribution in [-0.2, 0) is 6.42 Å². The molecule has 4 aromatic rings. The van der Waals surface area contributed by atoms with E-state index in [1.165, 1.54) is 12.1 Å². The average molecular weight is 401 g/mol. The number of pyridine rings is 1. The predicted octanol–water partition coefficient (Wildman–Crippen LogP) is 3.83. The van der Waals surface area contributed by atoms with Gasteiger partial charge in [-0.05, 0) is 48.4 Å². The Kier molecular flexibility index (Phi) is 5.84. The first-order valence-corrected chi connectivity index (χ1v) is 9.50. The number of aromatic nitrogens is 5. The zero-order valence-corrected chi connectivity index (χ0v) is 16.4. The Morgan fingerprint density at radius 3 is 2.57 bits per heavy atom. The van der Waals surface area contributed by atoms with Crippen molar-refractivity contribution in [2.75, 3.05) is 24.2 Å². The van der Waals surface area contributed by atoms with Gasteiger partial charge in [0.2, 0.25) is 5.95 Å². The number of anilines is 2. The first kappa shape index (κ1) is 19.4. The summed E-state index contributed by atoms with van der Waals surface area (Å²) >= 11 is 0. The van der Waals surface area contributed by atoms with Crippen molar-refractivity contribution in [2.45, 2.75) is 6.42 Å². The van der Waals surface area contributed by atoms with Crippen molar-refractivity contribution in [1.29, 1.82) is 0 Å². The van der Waals surface area contributed by atoms with Crippen molar-refractivity contribution in [3.63, 3.8) is 0 Å². The molecule has 4 rings (SSSR count). The third-order valence-corrected chi connectivity index (χ3v) is 4.48. The van der Waals surface area contributed by atoms with Crippen LogP contribution in [0, 0.1) is 5.82 Å². The van der Waals surface area contributed by atoms with Crippen molar-refractivity contribution in [3.05, 3.63) is 78.6 Å². The van der Waals surface area contributed by atoms with Gasteiger partial charge in [0, 0.05) is 43.9 Å². The fourth-order valence-corrected chi connectivity index (χ4v) is 2.96. The second-order valence-electron chi connectivity index (χ2n) is 6.52. The Morgan fingerprint density at radius 1 is 0.933 bits per heavy atom. The maximum absolute atomic E-state index is 13.2. The van der Waals surface area contributed by atoms with E-state index in [0.717, 1.165) is 23.1 Å². The molecule has 3 heterocycles. The quantitative estimate of drug-likeness (QED) is 0.486. The van der Waals surface area contributed by atoms with Gasteiger partial charge in [-0.2, -0.15) is 4.98 Å². The van der Waals surface area contributed by atoms with Gasteiger partial charge in [0.05, 0.1) is 11.3 Å². The molecule has 1 aromatic carbocycles. The topological polar surface area (TPSA) is 88.5 Å². The second-order valence-corrected chi connectivity index (χ2v) is 6.52. The molecule has 0 aliphatic heterocycles. The molecule has 0 aliphatic carbocycles. The molecule has 0 saturated heterocycles. The highest BCUT2D eigenvalue weighted by Crippen LogP contribution is 2.26. The standard InChI is InChI=1S/C22H20FN7/c1-24-21-18(14-28-22(30-21)27-11-8-15-3-2-10-25-13-15)19-9-12-26-20(29-19)16-4-6-17(23)7-5-16/h2-7,9-10,12-14H,8,11H2,1H3,(H2,24,27,28,30). The van der Waals surface area contributed by atoms with Gasteiger partial charge in [-0.3, -0.25) is 4.98 Å². The zero-order valence-electron chi connectivity index (χ0n) is 16.4. The normalized spacial score (nSPS) is 10.6. The summed E-state index contributed by atoms with van der Waals surface area (Å²) < 4.78 is 13.2. The first-order chi connectivity index (χ1) is 14.7. The average Bonchev–Trinajstić information content (AvgIpc) is 2.80.